The van der Waals surface area contributed by atoms with Crippen molar-refractivity contribution in [2.45, 2.75) is 20.0 Å². The van der Waals surface area contributed by atoms with Crippen molar-refractivity contribution in [3.05, 3.63) is 65.1 Å². The van der Waals surface area contributed by atoms with Gasteiger partial charge in [-0.15, -0.1) is 0 Å². The van der Waals surface area contributed by atoms with Gasteiger partial charge in [0.1, 0.15) is 11.3 Å². The highest BCUT2D eigenvalue weighted by Crippen LogP contribution is 2.30. The second kappa shape index (κ2) is 5.67. The van der Waals surface area contributed by atoms with E-state index in [1.807, 2.05) is 13.0 Å². The molecule has 1 aromatic carbocycles. The monoisotopic (exact) mass is 333 g/mol. The molecule has 1 N–H and O–H groups in total. The minimum absolute atomic E-state index is 0.287. The number of pyridine rings is 1. The molecule has 0 aliphatic heterocycles. The van der Waals surface area contributed by atoms with Crippen molar-refractivity contribution >= 4 is 17.2 Å². The molecule has 3 rings (SSSR count). The van der Waals surface area contributed by atoms with Crippen LogP contribution >= 0.6 is 0 Å². The summed E-state index contributed by atoms with van der Waals surface area (Å²) in [5.74, 6) is -0.426. The summed E-state index contributed by atoms with van der Waals surface area (Å²) in [6.45, 7) is 3.60. The SMILES string of the molecule is Cc1nc2c(C)cccn2c1C(=O)Nc1ccc(C(F)(F)F)cc1. The number of fused-ring (bicyclic) bond motifs is 1. The topological polar surface area (TPSA) is 46.4 Å². The van der Waals surface area contributed by atoms with E-state index in [0.717, 1.165) is 17.7 Å². The van der Waals surface area contributed by atoms with Gasteiger partial charge >= 0.3 is 6.18 Å². The van der Waals surface area contributed by atoms with Crippen molar-refractivity contribution in [1.82, 2.24) is 9.38 Å². The normalized spacial score (nSPS) is 11.7. The van der Waals surface area contributed by atoms with Gasteiger partial charge in [-0.1, -0.05) is 6.07 Å². The molecule has 0 radical (unpaired) electrons. The molecule has 24 heavy (non-hydrogen) atoms. The fraction of sp³-hybridized carbons (Fsp3) is 0.176. The Balaban J connectivity index is 1.91. The number of nitrogens with zero attached hydrogens (tertiary/aromatic N) is 2. The fourth-order valence-corrected chi connectivity index (χ4v) is 2.52. The lowest BCUT2D eigenvalue weighted by Crippen LogP contribution is -2.16. The summed E-state index contributed by atoms with van der Waals surface area (Å²) in [7, 11) is 0. The third-order valence-corrected chi connectivity index (χ3v) is 3.70. The molecule has 0 aliphatic rings. The van der Waals surface area contributed by atoms with Crippen molar-refractivity contribution in [3.63, 3.8) is 0 Å². The van der Waals surface area contributed by atoms with E-state index in [1.165, 1.54) is 12.1 Å². The standard InChI is InChI=1S/C17H14F3N3O/c1-10-4-3-9-23-14(11(2)21-15(10)23)16(24)22-13-7-5-12(6-8-13)17(18,19)20/h3-9H,1-2H3,(H,22,24). The first kappa shape index (κ1) is 16.0. The number of anilines is 1. The van der Waals surface area contributed by atoms with Gasteiger partial charge in [-0.3, -0.25) is 9.20 Å². The van der Waals surface area contributed by atoms with Crippen molar-refractivity contribution in [2.24, 2.45) is 0 Å². The van der Waals surface area contributed by atoms with E-state index in [9.17, 15) is 18.0 Å². The van der Waals surface area contributed by atoms with Crippen molar-refractivity contribution in [3.8, 4) is 0 Å². The first-order valence-electron chi connectivity index (χ1n) is 7.20. The lowest BCUT2D eigenvalue weighted by Gasteiger charge is -2.09. The quantitative estimate of drug-likeness (QED) is 0.763. The number of aromatic nitrogens is 2. The van der Waals surface area contributed by atoms with E-state index in [-0.39, 0.29) is 5.69 Å². The Morgan fingerprint density at radius 2 is 1.79 bits per heavy atom. The Kier molecular flexibility index (Phi) is 3.79. The molecule has 0 unspecified atom stereocenters. The average Bonchev–Trinajstić information content (AvgIpc) is 2.84. The van der Waals surface area contributed by atoms with Gasteiger partial charge in [-0.25, -0.2) is 4.98 Å². The minimum atomic E-state index is -4.40. The van der Waals surface area contributed by atoms with Crippen molar-refractivity contribution < 1.29 is 18.0 Å². The van der Waals surface area contributed by atoms with Gasteiger partial charge in [0, 0.05) is 11.9 Å². The van der Waals surface area contributed by atoms with Crippen LogP contribution in [-0.4, -0.2) is 15.3 Å². The molecule has 0 fully saturated rings. The molecule has 3 aromatic rings. The van der Waals surface area contributed by atoms with Crippen LogP contribution in [-0.2, 0) is 6.18 Å². The number of amides is 1. The molecule has 2 heterocycles. The maximum atomic E-state index is 12.6. The number of nitrogens with one attached hydrogen (secondary N) is 1. The van der Waals surface area contributed by atoms with E-state index in [4.69, 9.17) is 0 Å². The van der Waals surface area contributed by atoms with E-state index in [2.05, 4.69) is 10.3 Å². The van der Waals surface area contributed by atoms with Crippen LogP contribution in [0.5, 0.6) is 0 Å². The smallest absolute Gasteiger partial charge is 0.321 e. The van der Waals surface area contributed by atoms with Crippen LogP contribution < -0.4 is 5.32 Å². The summed E-state index contributed by atoms with van der Waals surface area (Å²) in [5.41, 5.74) is 2.03. The number of halogens is 3. The molecule has 124 valence electrons. The summed E-state index contributed by atoms with van der Waals surface area (Å²) in [6.07, 6.45) is -2.68. The molecule has 0 aliphatic carbocycles. The number of hydrogen-bond donors (Lipinski definition) is 1. The third kappa shape index (κ3) is 2.84. The zero-order chi connectivity index (χ0) is 17.5. The molecule has 7 heteroatoms. The van der Waals surface area contributed by atoms with Crippen LogP contribution in [0.1, 0.15) is 27.3 Å². The minimum Gasteiger partial charge on any atom is -0.321 e. The van der Waals surface area contributed by atoms with E-state index >= 15 is 0 Å². The lowest BCUT2D eigenvalue weighted by atomic mass is 10.2. The molecule has 1 amide bonds. The van der Waals surface area contributed by atoms with Crippen LogP contribution in [0.25, 0.3) is 5.65 Å². The summed E-state index contributed by atoms with van der Waals surface area (Å²) in [4.78, 5) is 16.9. The van der Waals surface area contributed by atoms with Gasteiger partial charge < -0.3 is 5.32 Å². The molecule has 0 spiro atoms. The van der Waals surface area contributed by atoms with Gasteiger partial charge in [-0.05, 0) is 49.7 Å². The highest BCUT2D eigenvalue weighted by molar-refractivity contribution is 6.04. The number of rotatable bonds is 2. The van der Waals surface area contributed by atoms with Crippen LogP contribution in [0, 0.1) is 13.8 Å². The summed E-state index contributed by atoms with van der Waals surface area (Å²) in [6, 6.07) is 8.01. The Bertz CT molecular complexity index is 911. The molecule has 0 atom stereocenters. The average molecular weight is 333 g/mol. The lowest BCUT2D eigenvalue weighted by molar-refractivity contribution is -0.137. The van der Waals surface area contributed by atoms with Crippen molar-refractivity contribution in [1.29, 1.82) is 0 Å². The Morgan fingerprint density at radius 1 is 1.12 bits per heavy atom. The molecular weight excluding hydrogens is 319 g/mol. The van der Waals surface area contributed by atoms with Crippen LogP contribution in [0.3, 0.4) is 0 Å². The fourth-order valence-electron chi connectivity index (χ4n) is 2.52. The van der Waals surface area contributed by atoms with Gasteiger partial charge in [0.15, 0.2) is 0 Å². The summed E-state index contributed by atoms with van der Waals surface area (Å²) >= 11 is 0. The van der Waals surface area contributed by atoms with Gasteiger partial charge in [0.05, 0.1) is 11.3 Å². The largest absolute Gasteiger partial charge is 0.416 e. The second-order valence-electron chi connectivity index (χ2n) is 5.46. The Hall–Kier alpha value is -2.83. The third-order valence-electron chi connectivity index (χ3n) is 3.70. The van der Waals surface area contributed by atoms with Crippen LogP contribution in [0.2, 0.25) is 0 Å². The second-order valence-corrected chi connectivity index (χ2v) is 5.46. The van der Waals surface area contributed by atoms with E-state index in [1.54, 1.807) is 23.6 Å². The van der Waals surface area contributed by atoms with Crippen molar-refractivity contribution in [2.75, 3.05) is 5.32 Å². The number of aryl methyl sites for hydroxylation is 2. The highest BCUT2D eigenvalue weighted by atomic mass is 19.4. The zero-order valence-electron chi connectivity index (χ0n) is 13.0. The maximum Gasteiger partial charge on any atom is 0.416 e. The molecule has 0 bridgehead atoms. The zero-order valence-corrected chi connectivity index (χ0v) is 13.0. The molecule has 4 nitrogen and oxygen atoms in total. The Morgan fingerprint density at radius 3 is 2.42 bits per heavy atom. The van der Waals surface area contributed by atoms with Crippen LogP contribution in [0.15, 0.2) is 42.6 Å². The highest BCUT2D eigenvalue weighted by Gasteiger charge is 2.30. The Labute approximate surface area is 135 Å². The van der Waals surface area contributed by atoms with E-state index < -0.39 is 17.6 Å². The first-order valence-corrected chi connectivity index (χ1v) is 7.20. The number of benzene rings is 1. The predicted octanol–water partition coefficient (Wildman–Crippen LogP) is 4.22. The summed E-state index contributed by atoms with van der Waals surface area (Å²) in [5, 5.41) is 2.61. The van der Waals surface area contributed by atoms with Gasteiger partial charge in [0.2, 0.25) is 0 Å². The number of carbonyl (C=O) groups excluding carboxylic acids is 1. The van der Waals surface area contributed by atoms with E-state index in [0.29, 0.717) is 17.0 Å². The number of hydrogen-bond acceptors (Lipinski definition) is 2. The van der Waals surface area contributed by atoms with Crippen LogP contribution in [0.4, 0.5) is 18.9 Å². The number of alkyl halides is 3. The van der Waals surface area contributed by atoms with Gasteiger partial charge in [0.25, 0.3) is 5.91 Å². The molecular formula is C17H14F3N3O. The molecule has 2 aromatic heterocycles. The predicted molar refractivity (Wildman–Crippen MR) is 84.1 cm³/mol. The van der Waals surface area contributed by atoms with Gasteiger partial charge in [-0.2, -0.15) is 13.2 Å². The number of imidazole rings is 1. The maximum absolute atomic E-state index is 12.6. The molecule has 0 saturated carbocycles. The summed E-state index contributed by atoms with van der Waals surface area (Å²) < 4.78 is 39.4. The molecule has 0 saturated heterocycles. The number of carbonyl (C=O) groups is 1. The first-order chi connectivity index (χ1) is 11.3.